The van der Waals surface area contributed by atoms with Gasteiger partial charge in [-0.1, -0.05) is 48.5 Å². The van der Waals surface area contributed by atoms with Crippen molar-refractivity contribution in [1.29, 1.82) is 0 Å². The Morgan fingerprint density at radius 2 is 1.58 bits per heavy atom. The van der Waals surface area contributed by atoms with Crippen LogP contribution >= 0.6 is 0 Å². The molecule has 0 saturated heterocycles. The molecule has 0 N–H and O–H groups in total. The van der Waals surface area contributed by atoms with Crippen LogP contribution in [0.1, 0.15) is 42.5 Å². The number of rotatable bonds is 7. The van der Waals surface area contributed by atoms with E-state index in [0.29, 0.717) is 11.1 Å². The van der Waals surface area contributed by atoms with E-state index >= 15 is 0 Å². The van der Waals surface area contributed by atoms with Crippen molar-refractivity contribution in [3.8, 4) is 0 Å². The minimum absolute atomic E-state index is 0.0458. The average molecular weight is 453 g/mol. The van der Waals surface area contributed by atoms with E-state index in [2.05, 4.69) is 0 Å². The van der Waals surface area contributed by atoms with Gasteiger partial charge in [0.1, 0.15) is 18.7 Å². The summed E-state index contributed by atoms with van der Waals surface area (Å²) in [5.74, 6) is -1.29. The number of nitrogens with zero attached hydrogens (tertiary/aromatic N) is 1. The highest BCUT2D eigenvalue weighted by molar-refractivity contribution is 5.95. The molecule has 0 aliphatic heterocycles. The summed E-state index contributed by atoms with van der Waals surface area (Å²) in [7, 11) is 0. The second-order valence-corrected chi connectivity index (χ2v) is 8.42. The number of para-hydroxylation sites is 1. The molecule has 0 saturated carbocycles. The van der Waals surface area contributed by atoms with Crippen molar-refractivity contribution in [1.82, 2.24) is 4.90 Å². The fraction of sp³-hybridized carbons (Fsp3) is 0.320. The first-order valence-electron chi connectivity index (χ1n) is 10.5. The normalized spacial score (nSPS) is 11.2. The number of esters is 2. The van der Waals surface area contributed by atoms with Gasteiger partial charge in [0.15, 0.2) is 0 Å². The lowest BCUT2D eigenvalue weighted by Crippen LogP contribution is -2.49. The minimum Gasteiger partial charge on any atom is -0.459 e. The van der Waals surface area contributed by atoms with Gasteiger partial charge < -0.3 is 18.6 Å². The van der Waals surface area contributed by atoms with E-state index in [1.807, 2.05) is 42.5 Å². The molecule has 0 aliphatic rings. The SMILES string of the molecule is Cc1c(C(=O)OCOC(=O)N(CC(=O)OCc2ccccc2)C(C)(C)C)oc2ccccc12. The Balaban J connectivity index is 1.54. The molecule has 2 aromatic carbocycles. The summed E-state index contributed by atoms with van der Waals surface area (Å²) in [6.45, 7) is 6.16. The largest absolute Gasteiger partial charge is 0.459 e. The van der Waals surface area contributed by atoms with Crippen LogP contribution in [0.5, 0.6) is 0 Å². The lowest BCUT2D eigenvalue weighted by atomic mass is 10.1. The summed E-state index contributed by atoms with van der Waals surface area (Å²) in [5, 5.41) is 0.800. The number of aryl methyl sites for hydroxylation is 1. The number of hydrogen-bond donors (Lipinski definition) is 0. The third-order valence-corrected chi connectivity index (χ3v) is 4.96. The summed E-state index contributed by atoms with van der Waals surface area (Å²) >= 11 is 0. The van der Waals surface area contributed by atoms with Crippen molar-refractivity contribution in [2.24, 2.45) is 0 Å². The van der Waals surface area contributed by atoms with Crippen LogP contribution in [-0.4, -0.2) is 41.8 Å². The van der Waals surface area contributed by atoms with Gasteiger partial charge in [0.05, 0.1) is 0 Å². The van der Waals surface area contributed by atoms with Gasteiger partial charge in [0.25, 0.3) is 0 Å². The predicted octanol–water partition coefficient (Wildman–Crippen LogP) is 4.84. The number of ether oxygens (including phenoxy) is 3. The Hall–Kier alpha value is -3.81. The molecule has 0 fully saturated rings. The number of carbonyl (C=O) groups excluding carboxylic acids is 3. The van der Waals surface area contributed by atoms with Crippen LogP contribution in [0.4, 0.5) is 4.79 Å². The van der Waals surface area contributed by atoms with Gasteiger partial charge in [-0.3, -0.25) is 9.69 Å². The van der Waals surface area contributed by atoms with Crippen LogP contribution in [0.2, 0.25) is 0 Å². The zero-order valence-corrected chi connectivity index (χ0v) is 19.1. The number of amides is 1. The molecule has 8 nitrogen and oxygen atoms in total. The van der Waals surface area contributed by atoms with Crippen molar-refractivity contribution in [2.75, 3.05) is 13.3 Å². The molecule has 0 aliphatic carbocycles. The maximum absolute atomic E-state index is 12.6. The Labute approximate surface area is 192 Å². The molecular weight excluding hydrogens is 426 g/mol. The van der Waals surface area contributed by atoms with Crippen molar-refractivity contribution >= 4 is 29.0 Å². The molecule has 0 bridgehead atoms. The van der Waals surface area contributed by atoms with Gasteiger partial charge in [0.2, 0.25) is 12.6 Å². The van der Waals surface area contributed by atoms with E-state index in [-0.39, 0.29) is 18.9 Å². The molecule has 33 heavy (non-hydrogen) atoms. The van der Waals surface area contributed by atoms with Crippen LogP contribution < -0.4 is 0 Å². The van der Waals surface area contributed by atoms with E-state index in [1.54, 1.807) is 39.8 Å². The predicted molar refractivity (Wildman–Crippen MR) is 120 cm³/mol. The Morgan fingerprint density at radius 1 is 0.909 bits per heavy atom. The van der Waals surface area contributed by atoms with Gasteiger partial charge in [-0.25, -0.2) is 9.59 Å². The van der Waals surface area contributed by atoms with Gasteiger partial charge in [-0.2, -0.15) is 0 Å². The average Bonchev–Trinajstić information content (AvgIpc) is 3.12. The summed E-state index contributed by atoms with van der Waals surface area (Å²) < 4.78 is 21.0. The highest BCUT2D eigenvalue weighted by atomic mass is 16.7. The third kappa shape index (κ3) is 6.12. The lowest BCUT2D eigenvalue weighted by molar-refractivity contribution is -0.147. The molecule has 3 rings (SSSR count). The van der Waals surface area contributed by atoms with Crippen LogP contribution in [0.25, 0.3) is 11.0 Å². The molecule has 0 atom stereocenters. The van der Waals surface area contributed by atoms with E-state index < -0.39 is 30.4 Å². The van der Waals surface area contributed by atoms with Crippen LogP contribution in [0, 0.1) is 6.92 Å². The Morgan fingerprint density at radius 3 is 2.24 bits per heavy atom. The van der Waals surface area contributed by atoms with Crippen LogP contribution in [0.3, 0.4) is 0 Å². The van der Waals surface area contributed by atoms with Crippen molar-refractivity contribution in [3.05, 3.63) is 71.5 Å². The number of benzene rings is 2. The number of carbonyl (C=O) groups is 3. The standard InChI is InChI=1S/C25H27NO7/c1-17-19-12-8-9-13-20(19)33-22(17)23(28)31-16-32-24(29)26(25(2,3)4)14-21(27)30-15-18-10-6-5-7-11-18/h5-13H,14-16H2,1-4H3. The number of fused-ring (bicyclic) bond motifs is 1. The van der Waals surface area contributed by atoms with Crippen LogP contribution in [-0.2, 0) is 25.6 Å². The first-order chi connectivity index (χ1) is 15.7. The monoisotopic (exact) mass is 453 g/mol. The van der Waals surface area contributed by atoms with E-state index in [1.165, 1.54) is 4.90 Å². The topological polar surface area (TPSA) is 95.3 Å². The third-order valence-electron chi connectivity index (χ3n) is 4.96. The van der Waals surface area contributed by atoms with Crippen molar-refractivity contribution in [3.63, 3.8) is 0 Å². The molecule has 0 radical (unpaired) electrons. The zero-order valence-electron chi connectivity index (χ0n) is 19.1. The van der Waals surface area contributed by atoms with Gasteiger partial charge in [0, 0.05) is 16.5 Å². The molecule has 1 amide bonds. The van der Waals surface area contributed by atoms with Gasteiger partial charge in [-0.15, -0.1) is 0 Å². The number of hydrogen-bond acceptors (Lipinski definition) is 7. The summed E-state index contributed by atoms with van der Waals surface area (Å²) in [6.07, 6.45) is -0.812. The second kappa shape index (κ2) is 10.2. The number of furan rings is 1. The van der Waals surface area contributed by atoms with Crippen molar-refractivity contribution in [2.45, 2.75) is 39.8 Å². The maximum atomic E-state index is 12.6. The summed E-state index contributed by atoms with van der Waals surface area (Å²) in [4.78, 5) is 38.5. The quantitative estimate of drug-likeness (QED) is 0.373. The minimum atomic E-state index is -0.812. The molecular formula is C25H27NO7. The summed E-state index contributed by atoms with van der Waals surface area (Å²) in [5.41, 5.74) is 1.30. The van der Waals surface area contributed by atoms with E-state index in [9.17, 15) is 14.4 Å². The van der Waals surface area contributed by atoms with Crippen molar-refractivity contribution < 1.29 is 33.0 Å². The second-order valence-electron chi connectivity index (χ2n) is 8.42. The van der Waals surface area contributed by atoms with E-state index in [4.69, 9.17) is 18.6 Å². The Kier molecular flexibility index (Phi) is 7.37. The van der Waals surface area contributed by atoms with Crippen LogP contribution in [0.15, 0.2) is 59.0 Å². The Bertz CT molecular complexity index is 1130. The molecule has 1 heterocycles. The molecule has 0 unspecified atom stereocenters. The van der Waals surface area contributed by atoms with Gasteiger partial charge in [-0.05, 0) is 39.3 Å². The maximum Gasteiger partial charge on any atom is 0.413 e. The molecule has 3 aromatic rings. The smallest absolute Gasteiger partial charge is 0.413 e. The molecule has 0 spiro atoms. The highest BCUT2D eigenvalue weighted by Gasteiger charge is 2.31. The highest BCUT2D eigenvalue weighted by Crippen LogP contribution is 2.25. The van der Waals surface area contributed by atoms with E-state index in [0.717, 1.165) is 10.9 Å². The summed E-state index contributed by atoms with van der Waals surface area (Å²) in [6, 6.07) is 16.4. The lowest BCUT2D eigenvalue weighted by Gasteiger charge is -2.33. The molecule has 1 aromatic heterocycles. The fourth-order valence-corrected chi connectivity index (χ4v) is 3.13. The first kappa shape index (κ1) is 23.8. The molecule has 174 valence electrons. The first-order valence-corrected chi connectivity index (χ1v) is 10.5. The van der Waals surface area contributed by atoms with Gasteiger partial charge >= 0.3 is 18.0 Å². The fourth-order valence-electron chi connectivity index (χ4n) is 3.13. The molecule has 8 heteroatoms. The zero-order chi connectivity index (χ0) is 24.0.